The topological polar surface area (TPSA) is 35.5 Å². The first-order valence-corrected chi connectivity index (χ1v) is 5.53. The van der Waals surface area contributed by atoms with Crippen LogP contribution >= 0.6 is 15.9 Å². The van der Waals surface area contributed by atoms with Gasteiger partial charge in [-0.2, -0.15) is 0 Å². The summed E-state index contributed by atoms with van der Waals surface area (Å²) in [4.78, 5) is 11.2. The smallest absolute Gasteiger partial charge is 0.336 e. The monoisotopic (exact) mass is 284 g/mol. The molecule has 0 fully saturated rings. The van der Waals surface area contributed by atoms with E-state index in [0.717, 1.165) is 4.47 Å². The van der Waals surface area contributed by atoms with Crippen molar-refractivity contribution in [1.29, 1.82) is 0 Å². The fourth-order valence-electron chi connectivity index (χ4n) is 1.09. The van der Waals surface area contributed by atoms with Crippen molar-refractivity contribution in [3.05, 3.63) is 40.9 Å². The molecule has 3 nitrogen and oxygen atoms in total. The van der Waals surface area contributed by atoms with Gasteiger partial charge in [-0.1, -0.05) is 22.5 Å². The highest BCUT2D eigenvalue weighted by Gasteiger charge is 2.16. The molecule has 0 aliphatic carbocycles. The molecule has 1 rings (SSSR count). The maximum Gasteiger partial charge on any atom is 0.336 e. The van der Waals surface area contributed by atoms with Gasteiger partial charge in [0.15, 0.2) is 0 Å². The van der Waals surface area contributed by atoms with E-state index in [2.05, 4.69) is 27.2 Å². The fraction of sp³-hybridized carbons (Fsp3) is 0.250. The minimum absolute atomic E-state index is 0.297. The molecule has 1 aromatic rings. The number of ether oxygens (including phenoxy) is 2. The van der Waals surface area contributed by atoms with Crippen molar-refractivity contribution in [2.75, 3.05) is 7.11 Å². The van der Waals surface area contributed by atoms with E-state index in [1.54, 1.807) is 6.92 Å². The van der Waals surface area contributed by atoms with Crippen LogP contribution in [0.5, 0.6) is 5.75 Å². The van der Waals surface area contributed by atoms with E-state index in [0.29, 0.717) is 11.3 Å². The van der Waals surface area contributed by atoms with Gasteiger partial charge in [-0.15, -0.1) is 0 Å². The number of carbonyl (C=O) groups is 1. The lowest BCUT2D eigenvalue weighted by Crippen LogP contribution is -2.21. The zero-order chi connectivity index (χ0) is 12.1. The number of rotatable bonds is 4. The molecule has 1 atom stereocenters. The van der Waals surface area contributed by atoms with Gasteiger partial charge in [-0.3, -0.25) is 0 Å². The molecule has 0 bridgehead atoms. The van der Waals surface area contributed by atoms with E-state index in [4.69, 9.17) is 4.74 Å². The van der Waals surface area contributed by atoms with E-state index in [-0.39, 0.29) is 0 Å². The standard InChI is InChI=1S/C12H13BrO3/c1-8(12(14)15-3)9(2)16-11-6-4-10(13)5-7-11/h4-7,9H,1H2,2-3H3. The Labute approximate surface area is 103 Å². The van der Waals surface area contributed by atoms with Crippen molar-refractivity contribution in [3.63, 3.8) is 0 Å². The Morgan fingerprint density at radius 1 is 1.38 bits per heavy atom. The SMILES string of the molecule is C=C(C(=O)OC)C(C)Oc1ccc(Br)cc1. The third-order valence-electron chi connectivity index (χ3n) is 2.06. The van der Waals surface area contributed by atoms with Crippen LogP contribution in [0, 0.1) is 0 Å². The van der Waals surface area contributed by atoms with E-state index >= 15 is 0 Å². The number of benzene rings is 1. The number of methoxy groups -OCH3 is 1. The molecule has 0 aliphatic heterocycles. The zero-order valence-electron chi connectivity index (χ0n) is 9.20. The Morgan fingerprint density at radius 2 is 1.94 bits per heavy atom. The second-order valence-corrected chi connectivity index (χ2v) is 4.15. The Bertz CT molecular complexity index is 384. The predicted molar refractivity (Wildman–Crippen MR) is 65.4 cm³/mol. The van der Waals surface area contributed by atoms with Gasteiger partial charge in [-0.05, 0) is 31.2 Å². The summed E-state index contributed by atoms with van der Waals surface area (Å²) in [6.07, 6.45) is -0.409. The third-order valence-corrected chi connectivity index (χ3v) is 2.59. The number of esters is 1. The lowest BCUT2D eigenvalue weighted by Gasteiger charge is -2.15. The zero-order valence-corrected chi connectivity index (χ0v) is 10.8. The summed E-state index contributed by atoms with van der Waals surface area (Å²) in [6, 6.07) is 7.35. The van der Waals surface area contributed by atoms with Crippen LogP contribution in [0.25, 0.3) is 0 Å². The van der Waals surface area contributed by atoms with E-state index in [1.165, 1.54) is 7.11 Å². The largest absolute Gasteiger partial charge is 0.486 e. The predicted octanol–water partition coefficient (Wildman–Crippen LogP) is 2.95. The first-order chi connectivity index (χ1) is 7.54. The molecular formula is C12H13BrO3. The molecular weight excluding hydrogens is 272 g/mol. The molecule has 0 radical (unpaired) electrons. The first kappa shape index (κ1) is 12.8. The van der Waals surface area contributed by atoms with Crippen molar-refractivity contribution in [1.82, 2.24) is 0 Å². The van der Waals surface area contributed by atoms with Crippen LogP contribution in [-0.4, -0.2) is 19.2 Å². The number of carbonyl (C=O) groups excluding carboxylic acids is 1. The van der Waals surface area contributed by atoms with Crippen LogP contribution < -0.4 is 4.74 Å². The number of hydrogen-bond donors (Lipinski definition) is 0. The summed E-state index contributed by atoms with van der Waals surface area (Å²) >= 11 is 3.33. The quantitative estimate of drug-likeness (QED) is 0.630. The molecule has 0 N–H and O–H groups in total. The molecule has 0 spiro atoms. The molecule has 0 saturated heterocycles. The summed E-state index contributed by atoms with van der Waals surface area (Å²) in [5.41, 5.74) is 0.297. The highest BCUT2D eigenvalue weighted by molar-refractivity contribution is 9.10. The van der Waals surface area contributed by atoms with Crippen molar-refractivity contribution in [3.8, 4) is 5.75 Å². The van der Waals surface area contributed by atoms with Gasteiger partial charge in [-0.25, -0.2) is 4.79 Å². The van der Waals surface area contributed by atoms with Gasteiger partial charge < -0.3 is 9.47 Å². The van der Waals surface area contributed by atoms with Crippen molar-refractivity contribution >= 4 is 21.9 Å². The number of hydrogen-bond acceptors (Lipinski definition) is 3. The van der Waals surface area contributed by atoms with Crippen molar-refractivity contribution in [2.45, 2.75) is 13.0 Å². The second-order valence-electron chi connectivity index (χ2n) is 3.23. The maximum atomic E-state index is 11.2. The Morgan fingerprint density at radius 3 is 2.44 bits per heavy atom. The first-order valence-electron chi connectivity index (χ1n) is 4.74. The van der Waals surface area contributed by atoms with Crippen molar-refractivity contribution in [2.24, 2.45) is 0 Å². The lowest BCUT2D eigenvalue weighted by molar-refractivity contribution is -0.136. The summed E-state index contributed by atoms with van der Waals surface area (Å²) in [7, 11) is 1.32. The third kappa shape index (κ3) is 3.38. The van der Waals surface area contributed by atoms with Crippen LogP contribution in [-0.2, 0) is 9.53 Å². The van der Waals surface area contributed by atoms with Crippen LogP contribution in [0.15, 0.2) is 40.9 Å². The molecule has 1 aromatic carbocycles. The van der Waals surface area contributed by atoms with Gasteiger partial charge in [0, 0.05) is 4.47 Å². The van der Waals surface area contributed by atoms with E-state index in [9.17, 15) is 4.79 Å². The maximum absolute atomic E-state index is 11.2. The van der Waals surface area contributed by atoms with Gasteiger partial charge in [0.2, 0.25) is 0 Å². The van der Waals surface area contributed by atoms with Crippen LogP contribution in [0.2, 0.25) is 0 Å². The molecule has 0 aliphatic rings. The second kappa shape index (κ2) is 5.70. The van der Waals surface area contributed by atoms with Gasteiger partial charge in [0.25, 0.3) is 0 Å². The Kier molecular flexibility index (Phi) is 4.55. The molecule has 0 saturated carbocycles. The molecule has 0 aromatic heterocycles. The van der Waals surface area contributed by atoms with Crippen LogP contribution in [0.1, 0.15) is 6.92 Å². The molecule has 1 unspecified atom stereocenters. The lowest BCUT2D eigenvalue weighted by atomic mass is 10.2. The van der Waals surface area contributed by atoms with Gasteiger partial charge in [0.1, 0.15) is 11.9 Å². The Hall–Kier alpha value is -1.29. The summed E-state index contributed by atoms with van der Waals surface area (Å²) in [6.45, 7) is 5.38. The minimum Gasteiger partial charge on any atom is -0.486 e. The van der Waals surface area contributed by atoms with Crippen molar-refractivity contribution < 1.29 is 14.3 Å². The van der Waals surface area contributed by atoms with Gasteiger partial charge >= 0.3 is 5.97 Å². The molecule has 86 valence electrons. The molecule has 0 amide bonds. The average molecular weight is 285 g/mol. The Balaban J connectivity index is 2.64. The summed E-state index contributed by atoms with van der Waals surface area (Å²) in [5, 5.41) is 0. The highest BCUT2D eigenvalue weighted by Crippen LogP contribution is 2.19. The van der Waals surface area contributed by atoms with Crippen LogP contribution in [0.3, 0.4) is 0 Å². The summed E-state index contributed by atoms with van der Waals surface area (Å²) < 4.78 is 11.1. The van der Waals surface area contributed by atoms with Gasteiger partial charge in [0.05, 0.1) is 12.7 Å². The van der Waals surface area contributed by atoms with Crippen LogP contribution in [0.4, 0.5) is 0 Å². The normalized spacial score (nSPS) is 11.7. The molecule has 0 heterocycles. The highest BCUT2D eigenvalue weighted by atomic mass is 79.9. The molecule has 16 heavy (non-hydrogen) atoms. The van der Waals surface area contributed by atoms with E-state index in [1.807, 2.05) is 24.3 Å². The number of halogens is 1. The summed E-state index contributed by atoms with van der Waals surface area (Å²) in [5.74, 6) is 0.227. The average Bonchev–Trinajstić information content (AvgIpc) is 2.30. The van der Waals surface area contributed by atoms with E-state index < -0.39 is 12.1 Å². The minimum atomic E-state index is -0.454. The molecule has 4 heteroatoms. The fourth-order valence-corrected chi connectivity index (χ4v) is 1.35.